The van der Waals surface area contributed by atoms with Gasteiger partial charge in [0.1, 0.15) is 5.78 Å². The van der Waals surface area contributed by atoms with E-state index < -0.39 is 11.6 Å². The molecule has 1 aromatic rings. The molecule has 0 amide bonds. The fourth-order valence-corrected chi connectivity index (χ4v) is 1.58. The quantitative estimate of drug-likeness (QED) is 0.750. The van der Waals surface area contributed by atoms with E-state index in [0.717, 1.165) is 0 Å². The maximum absolute atomic E-state index is 13.5. The molecule has 0 fully saturated rings. The molecule has 82 valence electrons. The lowest BCUT2D eigenvalue weighted by Gasteiger charge is -2.12. The van der Waals surface area contributed by atoms with Crippen LogP contribution < -0.4 is 0 Å². The van der Waals surface area contributed by atoms with Crippen molar-refractivity contribution in [2.45, 2.75) is 33.1 Å². The van der Waals surface area contributed by atoms with Crippen LogP contribution in [0.3, 0.4) is 0 Å². The van der Waals surface area contributed by atoms with Gasteiger partial charge in [-0.05, 0) is 30.9 Å². The lowest BCUT2D eigenvalue weighted by Crippen LogP contribution is -2.05. The number of rotatable bonds is 3. The highest BCUT2D eigenvalue weighted by atomic mass is 19.2. The molecule has 0 aliphatic rings. The van der Waals surface area contributed by atoms with Crippen LogP contribution >= 0.6 is 0 Å². The molecule has 1 unspecified atom stereocenters. The molecule has 0 aromatic heterocycles. The zero-order valence-corrected chi connectivity index (χ0v) is 9.10. The second-order valence-corrected chi connectivity index (χ2v) is 3.91. The van der Waals surface area contributed by atoms with Crippen LogP contribution in [0.25, 0.3) is 0 Å². The van der Waals surface area contributed by atoms with Crippen LogP contribution in [-0.2, 0) is 4.79 Å². The summed E-state index contributed by atoms with van der Waals surface area (Å²) in [5, 5.41) is 0. The molecule has 0 saturated carbocycles. The number of benzene rings is 1. The summed E-state index contributed by atoms with van der Waals surface area (Å²) in [5.41, 5.74) is 0.555. The van der Waals surface area contributed by atoms with Crippen molar-refractivity contribution in [1.82, 2.24) is 0 Å². The van der Waals surface area contributed by atoms with Crippen LogP contribution in [0.2, 0.25) is 0 Å². The zero-order valence-electron chi connectivity index (χ0n) is 9.10. The summed E-state index contributed by atoms with van der Waals surface area (Å²) in [6.07, 6.45) is 0.236. The maximum atomic E-state index is 13.5. The molecule has 0 N–H and O–H groups in total. The summed E-state index contributed by atoms with van der Waals surface area (Å²) in [7, 11) is 0. The second-order valence-electron chi connectivity index (χ2n) is 3.91. The van der Waals surface area contributed by atoms with Gasteiger partial charge in [0.15, 0.2) is 11.6 Å². The first kappa shape index (κ1) is 11.8. The van der Waals surface area contributed by atoms with E-state index in [1.165, 1.54) is 19.9 Å². The predicted octanol–water partition coefficient (Wildman–Crippen LogP) is 3.36. The van der Waals surface area contributed by atoms with E-state index in [-0.39, 0.29) is 29.2 Å². The standard InChI is InChI=1S/C12H14F2O/c1-7-4-5-10(12(14)11(7)13)8(2)6-9(3)15/h4-5,8H,6H2,1-3H3. The summed E-state index contributed by atoms with van der Waals surface area (Å²) in [4.78, 5) is 10.9. The first-order valence-electron chi connectivity index (χ1n) is 4.87. The number of aryl methyl sites for hydroxylation is 1. The number of carbonyl (C=O) groups excluding carboxylic acids is 1. The second kappa shape index (κ2) is 4.51. The number of halogens is 2. The molecule has 0 saturated heterocycles. The number of ketones is 1. The lowest BCUT2D eigenvalue weighted by molar-refractivity contribution is -0.117. The number of hydrogen-bond acceptors (Lipinski definition) is 1. The molecule has 0 bridgehead atoms. The molecule has 1 aromatic carbocycles. The molecule has 1 nitrogen and oxygen atoms in total. The Bertz CT molecular complexity index is 385. The van der Waals surface area contributed by atoms with E-state index >= 15 is 0 Å². The Labute approximate surface area is 88.1 Å². The number of Topliss-reactive ketones (excluding diaryl/α,β-unsaturated/α-hetero) is 1. The first-order valence-corrected chi connectivity index (χ1v) is 4.87. The van der Waals surface area contributed by atoms with Gasteiger partial charge in [-0.3, -0.25) is 0 Å². The fourth-order valence-electron chi connectivity index (χ4n) is 1.58. The van der Waals surface area contributed by atoms with Gasteiger partial charge in [0.2, 0.25) is 0 Å². The van der Waals surface area contributed by atoms with E-state index in [1.54, 1.807) is 13.0 Å². The predicted molar refractivity (Wildman–Crippen MR) is 54.8 cm³/mol. The average molecular weight is 212 g/mol. The van der Waals surface area contributed by atoms with Gasteiger partial charge in [-0.2, -0.15) is 0 Å². The largest absolute Gasteiger partial charge is 0.300 e. The van der Waals surface area contributed by atoms with Crippen LogP contribution in [0, 0.1) is 18.6 Å². The molecule has 0 radical (unpaired) electrons. The molecular weight excluding hydrogens is 198 g/mol. The Morgan fingerprint density at radius 3 is 2.47 bits per heavy atom. The maximum Gasteiger partial charge on any atom is 0.162 e. The summed E-state index contributed by atoms with van der Waals surface area (Å²) < 4.78 is 26.7. The minimum absolute atomic E-state index is 0.0251. The van der Waals surface area contributed by atoms with Crippen molar-refractivity contribution in [3.8, 4) is 0 Å². The average Bonchev–Trinajstić information content (AvgIpc) is 2.13. The molecule has 0 aliphatic carbocycles. The van der Waals surface area contributed by atoms with Crippen LogP contribution in [0.15, 0.2) is 12.1 Å². The highest BCUT2D eigenvalue weighted by Gasteiger charge is 2.17. The minimum Gasteiger partial charge on any atom is -0.300 e. The van der Waals surface area contributed by atoms with Crippen molar-refractivity contribution in [3.63, 3.8) is 0 Å². The molecule has 3 heteroatoms. The Morgan fingerprint density at radius 2 is 1.93 bits per heavy atom. The fraction of sp³-hybridized carbons (Fsp3) is 0.417. The van der Waals surface area contributed by atoms with Crippen LogP contribution in [0.4, 0.5) is 8.78 Å². The molecule has 15 heavy (non-hydrogen) atoms. The third-order valence-corrected chi connectivity index (χ3v) is 2.43. The normalized spacial score (nSPS) is 12.6. The Morgan fingerprint density at radius 1 is 1.33 bits per heavy atom. The van der Waals surface area contributed by atoms with Crippen LogP contribution in [-0.4, -0.2) is 5.78 Å². The van der Waals surface area contributed by atoms with Gasteiger partial charge in [0.25, 0.3) is 0 Å². The highest BCUT2D eigenvalue weighted by Crippen LogP contribution is 2.25. The van der Waals surface area contributed by atoms with Crippen molar-refractivity contribution in [2.75, 3.05) is 0 Å². The molecule has 0 spiro atoms. The van der Waals surface area contributed by atoms with Gasteiger partial charge in [-0.25, -0.2) is 8.78 Å². The van der Waals surface area contributed by atoms with Crippen molar-refractivity contribution in [1.29, 1.82) is 0 Å². The summed E-state index contributed by atoms with van der Waals surface area (Å²) >= 11 is 0. The van der Waals surface area contributed by atoms with E-state index in [2.05, 4.69) is 0 Å². The molecule has 0 heterocycles. The van der Waals surface area contributed by atoms with Crippen molar-refractivity contribution in [3.05, 3.63) is 34.9 Å². The Kier molecular flexibility index (Phi) is 3.56. The SMILES string of the molecule is CC(=O)CC(C)c1ccc(C)c(F)c1F. The van der Waals surface area contributed by atoms with Gasteiger partial charge >= 0.3 is 0 Å². The van der Waals surface area contributed by atoms with Gasteiger partial charge in [0, 0.05) is 6.42 Å². The third kappa shape index (κ3) is 2.61. The minimum atomic E-state index is -0.830. The monoisotopic (exact) mass is 212 g/mol. The van der Waals surface area contributed by atoms with E-state index in [9.17, 15) is 13.6 Å². The lowest BCUT2D eigenvalue weighted by atomic mass is 9.94. The van der Waals surface area contributed by atoms with E-state index in [0.29, 0.717) is 0 Å². The van der Waals surface area contributed by atoms with Crippen LogP contribution in [0.1, 0.15) is 37.3 Å². The van der Waals surface area contributed by atoms with Gasteiger partial charge in [-0.1, -0.05) is 19.1 Å². The molecular formula is C12H14F2O. The third-order valence-electron chi connectivity index (χ3n) is 2.43. The summed E-state index contributed by atoms with van der Waals surface area (Å²) in [5.74, 6) is -1.95. The molecule has 1 rings (SSSR count). The van der Waals surface area contributed by atoms with Gasteiger partial charge in [-0.15, -0.1) is 0 Å². The first-order chi connectivity index (χ1) is 6.93. The van der Waals surface area contributed by atoms with Crippen molar-refractivity contribution < 1.29 is 13.6 Å². The molecule has 1 atom stereocenters. The smallest absolute Gasteiger partial charge is 0.162 e. The number of carbonyl (C=O) groups is 1. The van der Waals surface area contributed by atoms with E-state index in [1.807, 2.05) is 0 Å². The Balaban J connectivity index is 3.05. The van der Waals surface area contributed by atoms with E-state index in [4.69, 9.17) is 0 Å². The van der Waals surface area contributed by atoms with Crippen molar-refractivity contribution in [2.24, 2.45) is 0 Å². The van der Waals surface area contributed by atoms with Crippen LogP contribution in [0.5, 0.6) is 0 Å². The highest BCUT2D eigenvalue weighted by molar-refractivity contribution is 5.76. The topological polar surface area (TPSA) is 17.1 Å². The molecule has 0 aliphatic heterocycles. The summed E-state index contributed by atoms with van der Waals surface area (Å²) in [6.45, 7) is 4.67. The zero-order chi connectivity index (χ0) is 11.6. The Hall–Kier alpha value is -1.25. The van der Waals surface area contributed by atoms with Gasteiger partial charge in [0.05, 0.1) is 0 Å². The number of hydrogen-bond donors (Lipinski definition) is 0. The van der Waals surface area contributed by atoms with Crippen molar-refractivity contribution >= 4 is 5.78 Å². The summed E-state index contributed by atoms with van der Waals surface area (Å²) in [6, 6.07) is 3.08. The van der Waals surface area contributed by atoms with Gasteiger partial charge < -0.3 is 4.79 Å².